The summed E-state index contributed by atoms with van der Waals surface area (Å²) in [5, 5.41) is 6.84. The van der Waals surface area contributed by atoms with Gasteiger partial charge < -0.3 is 20.1 Å². The third-order valence-corrected chi connectivity index (χ3v) is 5.71. The third-order valence-electron chi connectivity index (χ3n) is 5.71. The van der Waals surface area contributed by atoms with Gasteiger partial charge in [0.15, 0.2) is 5.96 Å². The largest absolute Gasteiger partial charge is 0.474 e. The summed E-state index contributed by atoms with van der Waals surface area (Å²) in [5.41, 5.74) is 1.12. The lowest BCUT2D eigenvalue weighted by Gasteiger charge is -2.41. The van der Waals surface area contributed by atoms with E-state index in [1.807, 2.05) is 12.3 Å². The molecule has 3 rings (SSSR count). The summed E-state index contributed by atoms with van der Waals surface area (Å²) in [6.45, 7) is 12.4. The number of rotatable bonds is 8. The van der Waals surface area contributed by atoms with Crippen molar-refractivity contribution in [1.82, 2.24) is 20.5 Å². The van der Waals surface area contributed by atoms with Crippen LogP contribution in [-0.2, 0) is 11.3 Å². The molecule has 0 aromatic carbocycles. The second-order valence-electron chi connectivity index (χ2n) is 8.49. The van der Waals surface area contributed by atoms with E-state index in [1.54, 1.807) is 0 Å². The number of halogens is 1. The van der Waals surface area contributed by atoms with E-state index in [-0.39, 0.29) is 29.5 Å². The maximum Gasteiger partial charge on any atom is 0.213 e. The second-order valence-corrected chi connectivity index (χ2v) is 8.49. The second kappa shape index (κ2) is 12.7. The van der Waals surface area contributed by atoms with Gasteiger partial charge in [0.1, 0.15) is 6.10 Å². The van der Waals surface area contributed by atoms with E-state index < -0.39 is 0 Å². The predicted molar refractivity (Wildman–Crippen MR) is 132 cm³/mol. The third kappa shape index (κ3) is 7.85. The molecule has 7 nitrogen and oxygen atoms in total. The van der Waals surface area contributed by atoms with Crippen molar-refractivity contribution in [2.45, 2.75) is 64.6 Å². The van der Waals surface area contributed by atoms with Gasteiger partial charge in [-0.3, -0.25) is 4.90 Å². The van der Waals surface area contributed by atoms with E-state index in [4.69, 9.17) is 14.5 Å². The molecule has 1 saturated carbocycles. The van der Waals surface area contributed by atoms with E-state index in [0.717, 1.165) is 69.6 Å². The Morgan fingerprint density at radius 2 is 1.97 bits per heavy atom. The molecule has 8 heteroatoms. The van der Waals surface area contributed by atoms with Gasteiger partial charge in [0.05, 0.1) is 19.8 Å². The summed E-state index contributed by atoms with van der Waals surface area (Å²) in [7, 11) is 0. The van der Waals surface area contributed by atoms with Crippen molar-refractivity contribution < 1.29 is 9.47 Å². The fourth-order valence-corrected chi connectivity index (χ4v) is 3.84. The molecule has 0 spiro atoms. The summed E-state index contributed by atoms with van der Waals surface area (Å²) in [6.07, 6.45) is 7.03. The van der Waals surface area contributed by atoms with Crippen LogP contribution in [-0.4, -0.2) is 66.9 Å². The molecule has 0 bridgehead atoms. The minimum absolute atomic E-state index is 0. The maximum absolute atomic E-state index is 5.94. The van der Waals surface area contributed by atoms with Crippen molar-refractivity contribution in [2.75, 3.05) is 39.4 Å². The van der Waals surface area contributed by atoms with Crippen molar-refractivity contribution in [2.24, 2.45) is 4.99 Å². The summed E-state index contributed by atoms with van der Waals surface area (Å²) in [5.74, 6) is 1.56. The van der Waals surface area contributed by atoms with Crippen LogP contribution in [0.1, 0.15) is 52.0 Å². The molecule has 0 atom stereocenters. The minimum Gasteiger partial charge on any atom is -0.474 e. The Labute approximate surface area is 198 Å². The van der Waals surface area contributed by atoms with Crippen LogP contribution in [0, 0.1) is 0 Å². The molecule has 170 valence electrons. The van der Waals surface area contributed by atoms with Crippen molar-refractivity contribution in [3.63, 3.8) is 0 Å². The van der Waals surface area contributed by atoms with E-state index >= 15 is 0 Å². The Morgan fingerprint density at radius 3 is 2.60 bits per heavy atom. The molecule has 1 saturated heterocycles. The summed E-state index contributed by atoms with van der Waals surface area (Å²) in [6, 6.07) is 4.02. The van der Waals surface area contributed by atoms with Gasteiger partial charge >= 0.3 is 0 Å². The highest BCUT2D eigenvalue weighted by molar-refractivity contribution is 14.0. The highest BCUT2D eigenvalue weighted by Gasteiger charge is 2.28. The molecule has 1 aliphatic carbocycles. The first kappa shape index (κ1) is 25.1. The molecule has 2 N–H and O–H groups in total. The number of ether oxygens (including phenoxy) is 2. The highest BCUT2D eigenvalue weighted by atomic mass is 127. The lowest BCUT2D eigenvalue weighted by Crippen LogP contribution is -2.56. The Hall–Kier alpha value is -1.13. The van der Waals surface area contributed by atoms with Crippen molar-refractivity contribution in [1.29, 1.82) is 0 Å². The minimum atomic E-state index is 0. The van der Waals surface area contributed by atoms with Gasteiger partial charge in [-0.15, -0.1) is 24.0 Å². The number of pyridine rings is 1. The zero-order valence-corrected chi connectivity index (χ0v) is 21.0. The molecular formula is C22H38IN5O2. The Balaban J connectivity index is 0.00000320. The van der Waals surface area contributed by atoms with Crippen molar-refractivity contribution >= 4 is 29.9 Å². The zero-order chi connectivity index (χ0) is 20.5. The molecule has 0 amide bonds. The van der Waals surface area contributed by atoms with Gasteiger partial charge in [-0.05, 0) is 52.0 Å². The monoisotopic (exact) mass is 531 g/mol. The van der Waals surface area contributed by atoms with E-state index in [2.05, 4.69) is 47.4 Å². The van der Waals surface area contributed by atoms with E-state index in [1.165, 1.54) is 12.8 Å². The average Bonchev–Trinajstić information content (AvgIpc) is 3.25. The predicted octanol–water partition coefficient (Wildman–Crippen LogP) is 3.19. The van der Waals surface area contributed by atoms with Crippen LogP contribution in [0.25, 0.3) is 0 Å². The number of guanidine groups is 1. The van der Waals surface area contributed by atoms with Gasteiger partial charge in [0.2, 0.25) is 5.88 Å². The van der Waals surface area contributed by atoms with Gasteiger partial charge in [-0.1, -0.05) is 6.07 Å². The molecule has 2 heterocycles. The smallest absolute Gasteiger partial charge is 0.213 e. The molecule has 2 fully saturated rings. The standard InChI is InChI=1S/C22H37N5O2.HI/c1-4-23-21(26-17-22(2,3)27-11-13-28-14-12-27)25-16-18-9-10-20(24-15-18)29-19-7-5-6-8-19;/h9-10,15,19H,4-8,11-14,16-17H2,1-3H3,(H2,23,25,26);1H. The van der Waals surface area contributed by atoms with E-state index in [0.29, 0.717) is 12.6 Å². The average molecular weight is 531 g/mol. The summed E-state index contributed by atoms with van der Waals surface area (Å²) in [4.78, 5) is 11.7. The quantitative estimate of drug-likeness (QED) is 0.305. The molecule has 1 aromatic rings. The number of aromatic nitrogens is 1. The Bertz CT molecular complexity index is 641. The molecular weight excluding hydrogens is 493 g/mol. The van der Waals surface area contributed by atoms with Crippen LogP contribution < -0.4 is 15.4 Å². The number of hydrogen-bond acceptors (Lipinski definition) is 5. The van der Waals surface area contributed by atoms with Gasteiger partial charge in [0, 0.05) is 44.0 Å². The Kier molecular flexibility index (Phi) is 10.6. The lowest BCUT2D eigenvalue weighted by atomic mass is 10.0. The Morgan fingerprint density at radius 1 is 1.23 bits per heavy atom. The van der Waals surface area contributed by atoms with Crippen LogP contribution in [0.15, 0.2) is 23.3 Å². The van der Waals surface area contributed by atoms with Crippen LogP contribution in [0.4, 0.5) is 0 Å². The van der Waals surface area contributed by atoms with E-state index in [9.17, 15) is 0 Å². The normalized spacial score (nSPS) is 18.7. The molecule has 1 aromatic heterocycles. The first-order chi connectivity index (χ1) is 14.1. The van der Waals surface area contributed by atoms with Crippen LogP contribution in [0.3, 0.4) is 0 Å². The SMILES string of the molecule is CCNC(=NCc1ccc(OC2CCCC2)nc1)NCC(C)(C)N1CCOCC1.I. The van der Waals surface area contributed by atoms with Gasteiger partial charge in [0.25, 0.3) is 0 Å². The maximum atomic E-state index is 5.94. The fraction of sp³-hybridized carbons (Fsp3) is 0.727. The first-order valence-corrected chi connectivity index (χ1v) is 11.0. The van der Waals surface area contributed by atoms with Crippen LogP contribution in [0.2, 0.25) is 0 Å². The number of nitrogens with one attached hydrogen (secondary N) is 2. The van der Waals surface area contributed by atoms with Crippen molar-refractivity contribution in [3.8, 4) is 5.88 Å². The summed E-state index contributed by atoms with van der Waals surface area (Å²) >= 11 is 0. The van der Waals surface area contributed by atoms with Crippen molar-refractivity contribution in [3.05, 3.63) is 23.9 Å². The molecule has 0 radical (unpaired) electrons. The highest BCUT2D eigenvalue weighted by Crippen LogP contribution is 2.23. The molecule has 1 aliphatic heterocycles. The lowest BCUT2D eigenvalue weighted by molar-refractivity contribution is -0.00834. The summed E-state index contributed by atoms with van der Waals surface area (Å²) < 4.78 is 11.4. The van der Waals surface area contributed by atoms with Crippen LogP contribution in [0.5, 0.6) is 5.88 Å². The fourth-order valence-electron chi connectivity index (χ4n) is 3.84. The molecule has 0 unspecified atom stereocenters. The number of morpholine rings is 1. The first-order valence-electron chi connectivity index (χ1n) is 11.0. The topological polar surface area (TPSA) is 71.0 Å². The van der Waals surface area contributed by atoms with Crippen LogP contribution >= 0.6 is 24.0 Å². The molecule has 2 aliphatic rings. The number of aliphatic imine (C=N–C) groups is 1. The number of nitrogens with zero attached hydrogens (tertiary/aromatic N) is 3. The zero-order valence-electron chi connectivity index (χ0n) is 18.7. The number of hydrogen-bond donors (Lipinski definition) is 2. The van der Waals surface area contributed by atoms with Gasteiger partial charge in [-0.25, -0.2) is 9.98 Å². The van der Waals surface area contributed by atoms with Gasteiger partial charge in [-0.2, -0.15) is 0 Å². The molecule has 30 heavy (non-hydrogen) atoms.